The summed E-state index contributed by atoms with van der Waals surface area (Å²) in [6.45, 7) is 5.70. The molecular formula is C34H38F3N3O7. The maximum Gasteiger partial charge on any atom is 0.507 e. The molecule has 0 spiro atoms. The molecule has 1 unspecified atom stereocenters. The normalized spacial score (nSPS) is 15.0. The van der Waals surface area contributed by atoms with E-state index >= 15 is 0 Å². The van der Waals surface area contributed by atoms with Gasteiger partial charge in [0.2, 0.25) is 5.91 Å². The minimum Gasteiger partial charge on any atom is -0.711 e. The Kier molecular flexibility index (Phi) is 11.0. The third-order valence-electron chi connectivity index (χ3n) is 7.45. The minimum atomic E-state index is -4.48. The first-order valence-corrected chi connectivity index (χ1v) is 15.1. The van der Waals surface area contributed by atoms with Crippen molar-refractivity contribution in [3.05, 3.63) is 94.3 Å². The van der Waals surface area contributed by atoms with Crippen LogP contribution in [0.15, 0.2) is 66.9 Å². The topological polar surface area (TPSA) is 112 Å². The summed E-state index contributed by atoms with van der Waals surface area (Å²) in [6.07, 6.45) is -3.38. The third-order valence-corrected chi connectivity index (χ3v) is 7.45. The SMILES string of the molecule is COC(=O)CC1Cc2ccc(OCCCN(C(=O)OC(C)(C)C)c3cccc[n+]3[O-])cc2CN(Cc2ccc(C(F)(F)F)cc2)C1=O. The number of anilines is 1. The highest BCUT2D eigenvalue weighted by Gasteiger charge is 2.34. The van der Waals surface area contributed by atoms with Gasteiger partial charge in [-0.15, -0.1) is 0 Å². The number of rotatable bonds is 10. The predicted octanol–water partition coefficient (Wildman–Crippen LogP) is 5.81. The number of nitrogens with zero attached hydrogens (tertiary/aromatic N) is 3. The van der Waals surface area contributed by atoms with Crippen molar-refractivity contribution in [1.29, 1.82) is 0 Å². The van der Waals surface area contributed by atoms with Crippen LogP contribution in [0.5, 0.6) is 5.75 Å². The lowest BCUT2D eigenvalue weighted by Gasteiger charge is -2.24. The second kappa shape index (κ2) is 14.7. The van der Waals surface area contributed by atoms with E-state index < -0.39 is 35.3 Å². The molecule has 3 aromatic rings. The average Bonchev–Trinajstić information content (AvgIpc) is 3.12. The van der Waals surface area contributed by atoms with E-state index in [0.29, 0.717) is 22.5 Å². The largest absolute Gasteiger partial charge is 0.711 e. The average molecular weight is 658 g/mol. The number of methoxy groups -OCH3 is 1. The van der Waals surface area contributed by atoms with E-state index in [4.69, 9.17) is 14.2 Å². The van der Waals surface area contributed by atoms with Gasteiger partial charge in [-0.1, -0.05) is 24.3 Å². The molecule has 0 N–H and O–H groups in total. The van der Waals surface area contributed by atoms with Crippen LogP contribution in [-0.2, 0) is 44.7 Å². The minimum absolute atomic E-state index is 0.0405. The van der Waals surface area contributed by atoms with Gasteiger partial charge in [0.25, 0.3) is 5.82 Å². The number of ether oxygens (including phenoxy) is 3. The van der Waals surface area contributed by atoms with Crippen LogP contribution < -0.4 is 14.4 Å². The van der Waals surface area contributed by atoms with Crippen LogP contribution in [0.25, 0.3) is 0 Å². The number of esters is 1. The van der Waals surface area contributed by atoms with Gasteiger partial charge in [0.05, 0.1) is 37.8 Å². The molecule has 4 rings (SSSR count). The maximum absolute atomic E-state index is 13.6. The second-order valence-corrected chi connectivity index (χ2v) is 12.2. The number of aromatic nitrogens is 1. The molecule has 13 heteroatoms. The Morgan fingerprint density at radius 1 is 1.04 bits per heavy atom. The molecule has 0 bridgehead atoms. The van der Waals surface area contributed by atoms with E-state index in [1.165, 1.54) is 41.3 Å². The summed E-state index contributed by atoms with van der Waals surface area (Å²) in [5.74, 6) is -0.955. The molecule has 2 amide bonds. The Morgan fingerprint density at radius 3 is 2.40 bits per heavy atom. The quantitative estimate of drug-likeness (QED) is 0.117. The summed E-state index contributed by atoms with van der Waals surface area (Å²) in [4.78, 5) is 41.4. The van der Waals surface area contributed by atoms with Crippen molar-refractivity contribution in [2.75, 3.05) is 25.2 Å². The Labute approximate surface area is 271 Å². The molecule has 0 saturated heterocycles. The Balaban J connectivity index is 1.49. The molecule has 0 radical (unpaired) electrons. The Morgan fingerprint density at radius 2 is 1.77 bits per heavy atom. The number of fused-ring (bicyclic) bond motifs is 1. The van der Waals surface area contributed by atoms with Crippen molar-refractivity contribution >= 4 is 23.8 Å². The number of amides is 2. The van der Waals surface area contributed by atoms with Gasteiger partial charge in [0.1, 0.15) is 17.9 Å². The summed E-state index contributed by atoms with van der Waals surface area (Å²) in [5, 5.41) is 12.4. The van der Waals surface area contributed by atoms with Crippen LogP contribution in [0.4, 0.5) is 23.8 Å². The van der Waals surface area contributed by atoms with Crippen molar-refractivity contribution < 1.29 is 46.5 Å². The zero-order valence-electron chi connectivity index (χ0n) is 26.7. The lowest BCUT2D eigenvalue weighted by Crippen LogP contribution is -2.44. The van der Waals surface area contributed by atoms with Gasteiger partial charge in [0, 0.05) is 25.6 Å². The van der Waals surface area contributed by atoms with Crippen LogP contribution in [0.2, 0.25) is 0 Å². The number of carbonyl (C=O) groups excluding carboxylic acids is 3. The van der Waals surface area contributed by atoms with E-state index in [2.05, 4.69) is 0 Å². The van der Waals surface area contributed by atoms with Crippen molar-refractivity contribution in [3.8, 4) is 5.75 Å². The fraction of sp³-hybridized carbons (Fsp3) is 0.412. The van der Waals surface area contributed by atoms with Gasteiger partial charge in [0.15, 0.2) is 0 Å². The number of hydrogen-bond donors (Lipinski definition) is 0. The van der Waals surface area contributed by atoms with E-state index in [9.17, 15) is 32.8 Å². The summed E-state index contributed by atoms with van der Waals surface area (Å²) in [5.41, 5.74) is 0.543. The van der Waals surface area contributed by atoms with E-state index in [1.54, 1.807) is 45.0 Å². The third kappa shape index (κ3) is 9.60. The molecule has 2 heterocycles. The maximum atomic E-state index is 13.6. The molecule has 0 aliphatic carbocycles. The smallest absolute Gasteiger partial charge is 0.507 e. The molecule has 2 aromatic carbocycles. The molecule has 1 atom stereocenters. The molecule has 1 aliphatic rings. The summed E-state index contributed by atoms with van der Waals surface area (Å²) < 4.78 is 56.1. The van der Waals surface area contributed by atoms with Crippen molar-refractivity contribution in [2.24, 2.45) is 5.92 Å². The molecule has 1 aliphatic heterocycles. The summed E-state index contributed by atoms with van der Waals surface area (Å²) in [7, 11) is 1.24. The van der Waals surface area contributed by atoms with Crippen LogP contribution in [0, 0.1) is 11.1 Å². The number of hydrogen-bond acceptors (Lipinski definition) is 7. The van der Waals surface area contributed by atoms with Gasteiger partial charge in [-0.2, -0.15) is 22.9 Å². The lowest BCUT2D eigenvalue weighted by molar-refractivity contribution is -0.591. The fourth-order valence-electron chi connectivity index (χ4n) is 5.19. The van der Waals surface area contributed by atoms with Crippen LogP contribution in [0.3, 0.4) is 0 Å². The van der Waals surface area contributed by atoms with Crippen LogP contribution in [-0.4, -0.2) is 48.7 Å². The first-order chi connectivity index (χ1) is 22.1. The molecule has 0 fully saturated rings. The number of pyridine rings is 1. The van der Waals surface area contributed by atoms with Gasteiger partial charge in [-0.3, -0.25) is 9.59 Å². The predicted molar refractivity (Wildman–Crippen MR) is 165 cm³/mol. The second-order valence-electron chi connectivity index (χ2n) is 12.2. The van der Waals surface area contributed by atoms with Crippen molar-refractivity contribution in [2.45, 2.75) is 64.9 Å². The highest BCUT2D eigenvalue weighted by atomic mass is 19.4. The first-order valence-electron chi connectivity index (χ1n) is 15.1. The molecular weight excluding hydrogens is 619 g/mol. The summed E-state index contributed by atoms with van der Waals surface area (Å²) in [6, 6.07) is 14.7. The van der Waals surface area contributed by atoms with Gasteiger partial charge >= 0.3 is 18.2 Å². The van der Waals surface area contributed by atoms with Gasteiger partial charge in [-0.25, -0.2) is 4.73 Å². The monoisotopic (exact) mass is 657 g/mol. The zero-order chi connectivity index (χ0) is 34.4. The standard InChI is InChI=1S/C34H38F3N3O7/c1-33(2,3)47-32(43)39(29-8-5-6-16-40(29)44)15-7-17-46-28-14-11-24-18-25(20-30(41)45-4)31(42)38(22-26(24)19-28)21-23-9-12-27(13-10-23)34(35,36)37/h5-6,8-14,16,19,25H,7,15,17-18,20-22H2,1-4H3. The number of carbonyl (C=O) groups is 3. The number of benzene rings is 2. The van der Waals surface area contributed by atoms with Crippen molar-refractivity contribution in [3.63, 3.8) is 0 Å². The first kappa shape index (κ1) is 35.1. The van der Waals surface area contributed by atoms with Gasteiger partial charge in [-0.05, 0) is 74.2 Å². The van der Waals surface area contributed by atoms with Crippen molar-refractivity contribution in [1.82, 2.24) is 4.90 Å². The molecule has 10 nitrogen and oxygen atoms in total. The highest BCUT2D eigenvalue weighted by molar-refractivity contribution is 5.86. The van der Waals surface area contributed by atoms with E-state index in [0.717, 1.165) is 23.3 Å². The molecule has 252 valence electrons. The highest BCUT2D eigenvalue weighted by Crippen LogP contribution is 2.31. The molecule has 47 heavy (non-hydrogen) atoms. The van der Waals surface area contributed by atoms with Gasteiger partial charge < -0.3 is 24.3 Å². The van der Waals surface area contributed by atoms with Crippen LogP contribution >= 0.6 is 0 Å². The van der Waals surface area contributed by atoms with E-state index in [-0.39, 0.29) is 50.8 Å². The number of alkyl halides is 3. The zero-order valence-corrected chi connectivity index (χ0v) is 26.7. The number of halogens is 3. The molecule has 0 saturated carbocycles. The fourth-order valence-corrected chi connectivity index (χ4v) is 5.19. The van der Waals surface area contributed by atoms with E-state index in [1.807, 2.05) is 6.07 Å². The van der Waals surface area contributed by atoms with Crippen LogP contribution in [0.1, 0.15) is 55.9 Å². The lowest BCUT2D eigenvalue weighted by atomic mass is 9.94. The molecule has 1 aromatic heterocycles. The Hall–Kier alpha value is -4.81. The Bertz CT molecular complexity index is 1570. The summed E-state index contributed by atoms with van der Waals surface area (Å²) >= 11 is 0.